The maximum Gasteiger partial charge on any atom is 0.336 e. The predicted octanol–water partition coefficient (Wildman–Crippen LogP) is 4.77. The van der Waals surface area contributed by atoms with Crippen molar-refractivity contribution in [2.75, 3.05) is 0 Å². The standard InChI is InChI=1S/C17H10BrF2NO2/c18-8-11-15(17(22)23)10-6-12(19)13(20)7-14(10)21-16(11)9-4-2-1-3-5-9/h1-7H,8H2,(H,22,23). The maximum atomic E-state index is 13.5. The third-order valence-electron chi connectivity index (χ3n) is 3.52. The molecule has 0 saturated heterocycles. The van der Waals surface area contributed by atoms with Gasteiger partial charge < -0.3 is 5.11 Å². The SMILES string of the molecule is O=C(O)c1c(CBr)c(-c2ccccc2)nc2cc(F)c(F)cc12. The number of hydrogen-bond donors (Lipinski definition) is 1. The number of carboxylic acids is 1. The van der Waals surface area contributed by atoms with Gasteiger partial charge in [-0.1, -0.05) is 46.3 Å². The van der Waals surface area contributed by atoms with Crippen molar-refractivity contribution < 1.29 is 18.7 Å². The summed E-state index contributed by atoms with van der Waals surface area (Å²) in [4.78, 5) is 16.1. The Labute approximate surface area is 138 Å². The fourth-order valence-electron chi connectivity index (χ4n) is 2.51. The molecular formula is C17H10BrF2NO2. The summed E-state index contributed by atoms with van der Waals surface area (Å²) in [5.74, 6) is -3.38. The van der Waals surface area contributed by atoms with E-state index in [-0.39, 0.29) is 21.8 Å². The molecule has 1 N–H and O–H groups in total. The average molecular weight is 378 g/mol. The number of hydrogen-bond acceptors (Lipinski definition) is 2. The fourth-order valence-corrected chi connectivity index (χ4v) is 3.05. The lowest BCUT2D eigenvalue weighted by molar-refractivity contribution is 0.0698. The van der Waals surface area contributed by atoms with Crippen LogP contribution in [0.5, 0.6) is 0 Å². The fraction of sp³-hybridized carbons (Fsp3) is 0.0588. The Morgan fingerprint density at radius 1 is 1.13 bits per heavy atom. The van der Waals surface area contributed by atoms with Crippen LogP contribution in [0.3, 0.4) is 0 Å². The number of carboxylic acid groups (broad SMARTS) is 1. The molecular weight excluding hydrogens is 368 g/mol. The third kappa shape index (κ3) is 2.70. The molecule has 0 amide bonds. The molecule has 0 bridgehead atoms. The molecule has 0 fully saturated rings. The Morgan fingerprint density at radius 3 is 2.39 bits per heavy atom. The lowest BCUT2D eigenvalue weighted by Gasteiger charge is -2.13. The van der Waals surface area contributed by atoms with Crippen LogP contribution in [0, 0.1) is 11.6 Å². The zero-order valence-corrected chi connectivity index (χ0v) is 13.3. The highest BCUT2D eigenvalue weighted by atomic mass is 79.9. The minimum Gasteiger partial charge on any atom is -0.478 e. The molecule has 0 aliphatic heterocycles. The van der Waals surface area contributed by atoms with Crippen molar-refractivity contribution in [1.29, 1.82) is 0 Å². The average Bonchev–Trinajstić information content (AvgIpc) is 2.55. The zero-order chi connectivity index (χ0) is 16.6. The summed E-state index contributed by atoms with van der Waals surface area (Å²) >= 11 is 3.27. The Morgan fingerprint density at radius 2 is 1.78 bits per heavy atom. The molecule has 3 rings (SSSR count). The van der Waals surface area contributed by atoms with Gasteiger partial charge in [0.05, 0.1) is 16.8 Å². The quantitative estimate of drug-likeness (QED) is 0.668. The topological polar surface area (TPSA) is 50.2 Å². The molecule has 0 spiro atoms. The number of benzene rings is 2. The van der Waals surface area contributed by atoms with Crippen LogP contribution < -0.4 is 0 Å². The number of carbonyl (C=O) groups is 1. The van der Waals surface area contributed by atoms with Gasteiger partial charge in [-0.05, 0) is 6.07 Å². The molecule has 1 aromatic heterocycles. The second-order valence-corrected chi connectivity index (χ2v) is 5.46. The molecule has 0 aliphatic rings. The second-order valence-electron chi connectivity index (χ2n) is 4.90. The lowest BCUT2D eigenvalue weighted by Crippen LogP contribution is -2.07. The summed E-state index contributed by atoms with van der Waals surface area (Å²) < 4.78 is 27.1. The van der Waals surface area contributed by atoms with Crippen molar-refractivity contribution in [1.82, 2.24) is 4.98 Å². The van der Waals surface area contributed by atoms with Gasteiger partial charge in [-0.25, -0.2) is 18.6 Å². The molecule has 0 saturated carbocycles. The number of nitrogens with zero attached hydrogens (tertiary/aromatic N) is 1. The number of rotatable bonds is 3. The van der Waals surface area contributed by atoms with E-state index in [0.29, 0.717) is 16.8 Å². The Kier molecular flexibility index (Phi) is 4.09. The summed E-state index contributed by atoms with van der Waals surface area (Å²) in [5, 5.41) is 9.86. The largest absolute Gasteiger partial charge is 0.478 e. The number of aromatic nitrogens is 1. The summed E-state index contributed by atoms with van der Waals surface area (Å²) in [6.07, 6.45) is 0. The summed E-state index contributed by atoms with van der Waals surface area (Å²) in [6, 6.07) is 10.8. The first-order valence-corrected chi connectivity index (χ1v) is 7.81. The molecule has 6 heteroatoms. The highest BCUT2D eigenvalue weighted by Gasteiger charge is 2.21. The van der Waals surface area contributed by atoms with Crippen LogP contribution in [0.2, 0.25) is 0 Å². The van der Waals surface area contributed by atoms with Crippen molar-refractivity contribution in [2.24, 2.45) is 0 Å². The van der Waals surface area contributed by atoms with Crippen molar-refractivity contribution in [3.63, 3.8) is 0 Å². The first-order chi connectivity index (χ1) is 11.0. The van der Waals surface area contributed by atoms with Gasteiger partial charge in [0.25, 0.3) is 0 Å². The van der Waals surface area contributed by atoms with E-state index in [2.05, 4.69) is 20.9 Å². The first-order valence-electron chi connectivity index (χ1n) is 6.69. The molecule has 0 unspecified atom stereocenters. The van der Waals surface area contributed by atoms with Crippen LogP contribution in [0.1, 0.15) is 15.9 Å². The van der Waals surface area contributed by atoms with Gasteiger partial charge in [0.2, 0.25) is 0 Å². The van der Waals surface area contributed by atoms with Crippen LogP contribution >= 0.6 is 15.9 Å². The van der Waals surface area contributed by atoms with E-state index in [4.69, 9.17) is 0 Å². The van der Waals surface area contributed by atoms with Gasteiger partial charge >= 0.3 is 5.97 Å². The lowest BCUT2D eigenvalue weighted by atomic mass is 9.97. The predicted molar refractivity (Wildman–Crippen MR) is 86.7 cm³/mol. The highest BCUT2D eigenvalue weighted by molar-refractivity contribution is 9.08. The normalized spacial score (nSPS) is 10.9. The Hall–Kier alpha value is -2.34. The minimum absolute atomic E-state index is 0.0746. The zero-order valence-electron chi connectivity index (χ0n) is 11.7. The van der Waals surface area contributed by atoms with Crippen LogP contribution in [-0.2, 0) is 5.33 Å². The number of halogens is 3. The van der Waals surface area contributed by atoms with Crippen molar-refractivity contribution in [2.45, 2.75) is 5.33 Å². The van der Waals surface area contributed by atoms with E-state index in [0.717, 1.165) is 12.1 Å². The van der Waals surface area contributed by atoms with Crippen LogP contribution in [0.15, 0.2) is 42.5 Å². The number of aromatic carboxylic acids is 1. The van der Waals surface area contributed by atoms with Crippen molar-refractivity contribution in [3.05, 3.63) is 65.2 Å². The number of fused-ring (bicyclic) bond motifs is 1. The van der Waals surface area contributed by atoms with Crippen LogP contribution in [-0.4, -0.2) is 16.1 Å². The van der Waals surface area contributed by atoms with E-state index < -0.39 is 17.6 Å². The molecule has 0 aliphatic carbocycles. The molecule has 116 valence electrons. The van der Waals surface area contributed by atoms with E-state index >= 15 is 0 Å². The minimum atomic E-state index is -1.21. The maximum absolute atomic E-state index is 13.5. The van der Waals surface area contributed by atoms with Crippen LogP contribution in [0.25, 0.3) is 22.2 Å². The summed E-state index contributed by atoms with van der Waals surface area (Å²) in [6.45, 7) is 0. The first kappa shape index (κ1) is 15.6. The van der Waals surface area contributed by atoms with Gasteiger partial charge in [-0.2, -0.15) is 0 Å². The molecule has 0 atom stereocenters. The van der Waals surface area contributed by atoms with Gasteiger partial charge in [0.1, 0.15) is 0 Å². The van der Waals surface area contributed by atoms with Gasteiger partial charge in [0, 0.05) is 27.9 Å². The smallest absolute Gasteiger partial charge is 0.336 e. The Bertz CT molecular complexity index is 914. The van der Waals surface area contributed by atoms with Crippen molar-refractivity contribution in [3.8, 4) is 11.3 Å². The third-order valence-corrected chi connectivity index (χ3v) is 4.08. The van der Waals surface area contributed by atoms with E-state index in [1.165, 1.54) is 0 Å². The Balaban J connectivity index is 2.46. The summed E-state index contributed by atoms with van der Waals surface area (Å²) in [5.41, 5.74) is 1.58. The summed E-state index contributed by atoms with van der Waals surface area (Å²) in [7, 11) is 0. The number of pyridine rings is 1. The van der Waals surface area contributed by atoms with Gasteiger partial charge in [0.15, 0.2) is 11.6 Å². The molecule has 3 nitrogen and oxygen atoms in total. The molecule has 1 heterocycles. The van der Waals surface area contributed by atoms with Crippen molar-refractivity contribution >= 4 is 32.8 Å². The molecule has 0 radical (unpaired) electrons. The second kappa shape index (κ2) is 6.04. The van der Waals surface area contributed by atoms with Gasteiger partial charge in [-0.3, -0.25) is 0 Å². The van der Waals surface area contributed by atoms with E-state index in [1.807, 2.05) is 6.07 Å². The molecule has 2 aromatic carbocycles. The van der Waals surface area contributed by atoms with E-state index in [1.54, 1.807) is 24.3 Å². The number of alkyl halides is 1. The molecule has 23 heavy (non-hydrogen) atoms. The highest BCUT2D eigenvalue weighted by Crippen LogP contribution is 2.32. The molecule has 3 aromatic rings. The van der Waals surface area contributed by atoms with Crippen LogP contribution in [0.4, 0.5) is 8.78 Å². The van der Waals surface area contributed by atoms with E-state index in [9.17, 15) is 18.7 Å². The monoisotopic (exact) mass is 377 g/mol. The van der Waals surface area contributed by atoms with Gasteiger partial charge in [-0.15, -0.1) is 0 Å².